The van der Waals surface area contributed by atoms with E-state index in [1.54, 1.807) is 24.3 Å². The summed E-state index contributed by atoms with van der Waals surface area (Å²) in [5, 5.41) is 2.85. The zero-order valence-corrected chi connectivity index (χ0v) is 16.5. The van der Waals surface area contributed by atoms with Crippen molar-refractivity contribution in [2.45, 2.75) is 17.7 Å². The first-order valence-electron chi connectivity index (χ1n) is 7.36. The Hall–Kier alpha value is -1.45. The van der Waals surface area contributed by atoms with E-state index in [0.29, 0.717) is 12.8 Å². The third-order valence-electron chi connectivity index (χ3n) is 3.47. The van der Waals surface area contributed by atoms with Gasteiger partial charge in [-0.2, -0.15) is 0 Å². The van der Waals surface area contributed by atoms with Crippen molar-refractivity contribution in [3.63, 3.8) is 0 Å². The fourth-order valence-corrected chi connectivity index (χ4v) is 3.31. The van der Waals surface area contributed by atoms with E-state index in [0.717, 1.165) is 14.8 Å². The summed E-state index contributed by atoms with van der Waals surface area (Å²) in [6.07, 6.45) is 0.893. The van der Waals surface area contributed by atoms with Crippen LogP contribution in [0.5, 0.6) is 0 Å². The van der Waals surface area contributed by atoms with Crippen molar-refractivity contribution in [1.82, 2.24) is 4.31 Å². The molecule has 1 amide bonds. The summed E-state index contributed by atoms with van der Waals surface area (Å²) >= 11 is 2.21. The number of hydrogen-bond donors (Lipinski definition) is 1. The molecule has 24 heavy (non-hydrogen) atoms. The maximum absolute atomic E-state index is 12.0. The van der Waals surface area contributed by atoms with Gasteiger partial charge in [0.05, 0.1) is 4.90 Å². The van der Waals surface area contributed by atoms with Gasteiger partial charge >= 0.3 is 0 Å². The molecule has 0 spiro atoms. The van der Waals surface area contributed by atoms with Gasteiger partial charge in [0.15, 0.2) is 0 Å². The van der Waals surface area contributed by atoms with Gasteiger partial charge < -0.3 is 5.32 Å². The van der Waals surface area contributed by atoms with Gasteiger partial charge in [-0.1, -0.05) is 12.1 Å². The quantitative estimate of drug-likeness (QED) is 0.677. The van der Waals surface area contributed by atoms with Crippen LogP contribution in [0.15, 0.2) is 53.4 Å². The number of aryl methyl sites for hydroxylation is 1. The normalized spacial score (nSPS) is 11.5. The first kappa shape index (κ1) is 18.9. The molecular formula is C17H19IN2O3S. The summed E-state index contributed by atoms with van der Waals surface area (Å²) in [6, 6.07) is 14.2. The van der Waals surface area contributed by atoms with Gasteiger partial charge in [-0.3, -0.25) is 4.79 Å². The number of nitrogens with one attached hydrogen (secondary N) is 1. The summed E-state index contributed by atoms with van der Waals surface area (Å²) < 4.78 is 26.3. The van der Waals surface area contributed by atoms with Gasteiger partial charge in [-0.25, -0.2) is 12.7 Å². The van der Waals surface area contributed by atoms with E-state index in [9.17, 15) is 13.2 Å². The van der Waals surface area contributed by atoms with E-state index < -0.39 is 10.0 Å². The first-order chi connectivity index (χ1) is 11.3. The van der Waals surface area contributed by atoms with Crippen molar-refractivity contribution >= 4 is 44.2 Å². The van der Waals surface area contributed by atoms with Gasteiger partial charge in [-0.15, -0.1) is 0 Å². The molecule has 0 unspecified atom stereocenters. The highest BCUT2D eigenvalue weighted by molar-refractivity contribution is 14.1. The van der Waals surface area contributed by atoms with Crippen LogP contribution in [0.2, 0.25) is 0 Å². The minimum atomic E-state index is -3.42. The van der Waals surface area contributed by atoms with E-state index >= 15 is 0 Å². The number of sulfonamides is 1. The summed E-state index contributed by atoms with van der Waals surface area (Å²) in [5.41, 5.74) is 1.69. The Bertz CT molecular complexity index is 801. The molecular weight excluding hydrogens is 439 g/mol. The first-order valence-corrected chi connectivity index (χ1v) is 9.88. The molecule has 0 aliphatic carbocycles. The fraction of sp³-hybridized carbons (Fsp3) is 0.235. The van der Waals surface area contributed by atoms with Crippen LogP contribution in [-0.2, 0) is 21.2 Å². The van der Waals surface area contributed by atoms with Crippen LogP contribution < -0.4 is 5.32 Å². The molecule has 0 fully saturated rings. The lowest BCUT2D eigenvalue weighted by Gasteiger charge is -2.11. The van der Waals surface area contributed by atoms with Crippen LogP contribution >= 0.6 is 22.6 Å². The summed E-state index contributed by atoms with van der Waals surface area (Å²) in [5.74, 6) is -0.0683. The highest BCUT2D eigenvalue weighted by atomic mass is 127. The fourth-order valence-electron chi connectivity index (χ4n) is 2.05. The van der Waals surface area contributed by atoms with Crippen molar-refractivity contribution in [1.29, 1.82) is 0 Å². The number of nitrogens with zero attached hydrogens (tertiary/aromatic N) is 1. The lowest BCUT2D eigenvalue weighted by Crippen LogP contribution is -2.22. The standard InChI is InChI=1S/C17H19IN2O3S/c1-20(2)24(22,23)16-10-3-13(4-11-16)5-12-17(21)19-15-8-6-14(18)7-9-15/h3-4,6-11H,5,12H2,1-2H3,(H,19,21). The average Bonchev–Trinajstić information content (AvgIpc) is 2.55. The van der Waals surface area contributed by atoms with E-state index in [1.807, 2.05) is 24.3 Å². The van der Waals surface area contributed by atoms with Gasteiger partial charge in [0.2, 0.25) is 15.9 Å². The zero-order valence-electron chi connectivity index (χ0n) is 13.5. The lowest BCUT2D eigenvalue weighted by molar-refractivity contribution is -0.116. The Kier molecular flexibility index (Phi) is 6.36. The van der Waals surface area contributed by atoms with Crippen molar-refractivity contribution in [2.75, 3.05) is 19.4 Å². The number of amides is 1. The third-order valence-corrected chi connectivity index (χ3v) is 6.02. The number of halogens is 1. The van der Waals surface area contributed by atoms with Crippen molar-refractivity contribution in [3.05, 3.63) is 57.7 Å². The van der Waals surface area contributed by atoms with Gasteiger partial charge in [0, 0.05) is 29.8 Å². The lowest BCUT2D eigenvalue weighted by atomic mass is 10.1. The summed E-state index contributed by atoms with van der Waals surface area (Å²) in [6.45, 7) is 0. The molecule has 0 aliphatic heterocycles. The Morgan fingerprint density at radius 2 is 1.62 bits per heavy atom. The molecule has 0 heterocycles. The maximum Gasteiger partial charge on any atom is 0.242 e. The monoisotopic (exact) mass is 458 g/mol. The Morgan fingerprint density at radius 3 is 2.17 bits per heavy atom. The molecule has 0 aromatic heterocycles. The molecule has 0 aliphatic rings. The second-order valence-corrected chi connectivity index (χ2v) is 8.88. The van der Waals surface area contributed by atoms with Crippen LogP contribution in [0.25, 0.3) is 0 Å². The highest BCUT2D eigenvalue weighted by Gasteiger charge is 2.16. The van der Waals surface area contributed by atoms with Crippen molar-refractivity contribution in [3.8, 4) is 0 Å². The van der Waals surface area contributed by atoms with Crippen LogP contribution in [0.3, 0.4) is 0 Å². The van der Waals surface area contributed by atoms with E-state index in [4.69, 9.17) is 0 Å². The van der Waals surface area contributed by atoms with E-state index in [-0.39, 0.29) is 10.8 Å². The molecule has 2 aromatic carbocycles. The summed E-state index contributed by atoms with van der Waals surface area (Å²) in [7, 11) is -0.419. The maximum atomic E-state index is 12.0. The molecule has 0 saturated carbocycles. The average molecular weight is 458 g/mol. The molecule has 2 rings (SSSR count). The molecule has 1 N–H and O–H groups in total. The van der Waals surface area contributed by atoms with E-state index in [2.05, 4.69) is 27.9 Å². The number of carbonyl (C=O) groups is 1. The molecule has 7 heteroatoms. The number of rotatable bonds is 6. The van der Waals surface area contributed by atoms with Crippen molar-refractivity contribution < 1.29 is 13.2 Å². The molecule has 128 valence electrons. The second kappa shape index (κ2) is 8.09. The molecule has 0 saturated heterocycles. The number of anilines is 1. The predicted molar refractivity (Wildman–Crippen MR) is 103 cm³/mol. The molecule has 2 aromatic rings. The second-order valence-electron chi connectivity index (χ2n) is 5.49. The van der Waals surface area contributed by atoms with E-state index in [1.165, 1.54) is 18.4 Å². The predicted octanol–water partition coefficient (Wildman–Crippen LogP) is 3.11. The minimum Gasteiger partial charge on any atom is -0.326 e. The molecule has 5 nitrogen and oxygen atoms in total. The zero-order chi connectivity index (χ0) is 17.7. The topological polar surface area (TPSA) is 66.5 Å². The molecule has 0 atom stereocenters. The SMILES string of the molecule is CN(C)S(=O)(=O)c1ccc(CCC(=O)Nc2ccc(I)cc2)cc1. The van der Waals surface area contributed by atoms with Crippen LogP contribution in [0.4, 0.5) is 5.69 Å². The van der Waals surface area contributed by atoms with Gasteiger partial charge in [0.25, 0.3) is 0 Å². The van der Waals surface area contributed by atoms with Gasteiger partial charge in [-0.05, 0) is 71.0 Å². The van der Waals surface area contributed by atoms with Crippen LogP contribution in [0, 0.1) is 3.57 Å². The number of benzene rings is 2. The minimum absolute atomic E-state index is 0.0683. The third kappa shape index (κ3) is 5.02. The Morgan fingerprint density at radius 1 is 1.04 bits per heavy atom. The smallest absolute Gasteiger partial charge is 0.242 e. The van der Waals surface area contributed by atoms with Crippen LogP contribution in [-0.4, -0.2) is 32.7 Å². The van der Waals surface area contributed by atoms with Crippen molar-refractivity contribution in [2.24, 2.45) is 0 Å². The highest BCUT2D eigenvalue weighted by Crippen LogP contribution is 2.15. The Balaban J connectivity index is 1.92. The number of carbonyl (C=O) groups excluding carboxylic acids is 1. The molecule has 0 bridgehead atoms. The van der Waals surface area contributed by atoms with Crippen LogP contribution in [0.1, 0.15) is 12.0 Å². The van der Waals surface area contributed by atoms with Gasteiger partial charge in [0.1, 0.15) is 0 Å². The summed E-state index contributed by atoms with van der Waals surface area (Å²) in [4.78, 5) is 12.2. The number of hydrogen-bond acceptors (Lipinski definition) is 3. The largest absolute Gasteiger partial charge is 0.326 e. The molecule has 0 radical (unpaired) electrons. The Labute approximate surface area is 156 Å².